The molecule has 0 spiro atoms. The largest absolute Gasteiger partial charge is 0.465 e. The van der Waals surface area contributed by atoms with Crippen molar-refractivity contribution < 1.29 is 17.6 Å². The van der Waals surface area contributed by atoms with Crippen molar-refractivity contribution in [2.75, 3.05) is 18.9 Å². The third kappa shape index (κ3) is 5.50. The summed E-state index contributed by atoms with van der Waals surface area (Å²) < 4.78 is 32.8. The molecule has 3 rings (SSSR count). The van der Waals surface area contributed by atoms with Crippen LogP contribution in [0.25, 0.3) is 0 Å². The molecule has 0 aliphatic heterocycles. The second kappa shape index (κ2) is 9.76. The highest BCUT2D eigenvalue weighted by Gasteiger charge is 2.28. The van der Waals surface area contributed by atoms with Gasteiger partial charge in [0.25, 0.3) is 0 Å². The first kappa shape index (κ1) is 22.5. The molecule has 1 atom stereocenters. The van der Waals surface area contributed by atoms with E-state index in [2.05, 4.69) is 10.6 Å². The summed E-state index contributed by atoms with van der Waals surface area (Å²) in [6.07, 6.45) is 5.14. The van der Waals surface area contributed by atoms with E-state index in [0.717, 1.165) is 37.2 Å². The van der Waals surface area contributed by atoms with Crippen LogP contribution in [-0.2, 0) is 14.8 Å². The zero-order valence-corrected chi connectivity index (χ0v) is 18.7. The number of hydrogen-bond acceptors (Lipinski definition) is 5. The second-order valence-corrected chi connectivity index (χ2v) is 9.93. The number of carbonyl (C=O) groups excluding carboxylic acids is 1. The molecule has 0 saturated heterocycles. The SMILES string of the molecule is Cc1ccc(C(C)NCC(=O)Nc2ccc(S(=O)(=O)N(C)C3CCCCC3)cc2)o1. The van der Waals surface area contributed by atoms with Crippen molar-refractivity contribution in [1.82, 2.24) is 9.62 Å². The molecule has 7 nitrogen and oxygen atoms in total. The number of anilines is 1. The number of benzene rings is 1. The van der Waals surface area contributed by atoms with E-state index < -0.39 is 10.0 Å². The molecule has 164 valence electrons. The lowest BCUT2D eigenvalue weighted by molar-refractivity contribution is -0.115. The zero-order valence-electron chi connectivity index (χ0n) is 17.8. The van der Waals surface area contributed by atoms with Crippen LogP contribution in [0.5, 0.6) is 0 Å². The van der Waals surface area contributed by atoms with E-state index >= 15 is 0 Å². The quantitative estimate of drug-likeness (QED) is 0.660. The molecule has 1 amide bonds. The average molecular weight is 434 g/mol. The van der Waals surface area contributed by atoms with Crippen LogP contribution in [0.3, 0.4) is 0 Å². The Bertz CT molecular complexity index is 947. The number of amides is 1. The zero-order chi connectivity index (χ0) is 21.7. The summed E-state index contributed by atoms with van der Waals surface area (Å²) in [5.74, 6) is 1.39. The van der Waals surface area contributed by atoms with Gasteiger partial charge in [0.2, 0.25) is 15.9 Å². The Kier molecular flexibility index (Phi) is 7.33. The molecule has 30 heavy (non-hydrogen) atoms. The van der Waals surface area contributed by atoms with Crippen molar-refractivity contribution in [3.63, 3.8) is 0 Å². The van der Waals surface area contributed by atoms with Crippen LogP contribution in [0.2, 0.25) is 0 Å². The summed E-state index contributed by atoms with van der Waals surface area (Å²) >= 11 is 0. The molecule has 1 aliphatic rings. The Morgan fingerprint density at radius 2 is 1.80 bits per heavy atom. The van der Waals surface area contributed by atoms with Crippen LogP contribution in [0.15, 0.2) is 45.7 Å². The number of hydrogen-bond donors (Lipinski definition) is 2. The molecule has 1 saturated carbocycles. The normalized spacial score (nSPS) is 16.5. The Hall–Kier alpha value is -2.16. The summed E-state index contributed by atoms with van der Waals surface area (Å²) in [5.41, 5.74) is 0.558. The number of nitrogens with one attached hydrogen (secondary N) is 2. The Labute approximate surface area is 178 Å². The van der Waals surface area contributed by atoms with E-state index in [9.17, 15) is 13.2 Å². The third-order valence-corrected chi connectivity index (χ3v) is 7.58. The summed E-state index contributed by atoms with van der Waals surface area (Å²) in [7, 11) is -1.88. The molecule has 1 heterocycles. The van der Waals surface area contributed by atoms with Gasteiger partial charge in [0.1, 0.15) is 11.5 Å². The molecule has 1 unspecified atom stereocenters. The highest BCUT2D eigenvalue weighted by Crippen LogP contribution is 2.27. The lowest BCUT2D eigenvalue weighted by Gasteiger charge is -2.30. The first-order valence-electron chi connectivity index (χ1n) is 10.4. The molecular weight excluding hydrogens is 402 g/mol. The van der Waals surface area contributed by atoms with Crippen molar-refractivity contribution >= 4 is 21.6 Å². The highest BCUT2D eigenvalue weighted by atomic mass is 32.2. The van der Waals surface area contributed by atoms with Gasteiger partial charge in [0.15, 0.2) is 0 Å². The predicted octanol–water partition coefficient (Wildman–Crippen LogP) is 3.83. The number of carbonyl (C=O) groups is 1. The number of sulfonamides is 1. The summed E-state index contributed by atoms with van der Waals surface area (Å²) in [6, 6.07) is 10.1. The van der Waals surface area contributed by atoms with Crippen molar-refractivity contribution in [1.29, 1.82) is 0 Å². The molecule has 1 aromatic heterocycles. The van der Waals surface area contributed by atoms with Gasteiger partial charge in [-0.25, -0.2) is 8.42 Å². The summed E-state index contributed by atoms with van der Waals surface area (Å²) in [4.78, 5) is 12.5. The maximum absolute atomic E-state index is 12.9. The second-order valence-electron chi connectivity index (χ2n) is 7.94. The van der Waals surface area contributed by atoms with Gasteiger partial charge in [-0.2, -0.15) is 4.31 Å². The minimum Gasteiger partial charge on any atom is -0.465 e. The molecule has 2 aromatic rings. The van der Waals surface area contributed by atoms with Crippen LogP contribution in [0, 0.1) is 6.92 Å². The van der Waals surface area contributed by atoms with Gasteiger partial charge in [-0.05, 0) is 63.1 Å². The van der Waals surface area contributed by atoms with E-state index in [0.29, 0.717) is 5.69 Å². The first-order valence-corrected chi connectivity index (χ1v) is 11.9. The minimum absolute atomic E-state index is 0.0640. The molecule has 1 fully saturated rings. The standard InChI is InChI=1S/C22H31N3O4S/c1-16-9-14-21(29-16)17(2)23-15-22(26)24-18-10-12-20(13-11-18)30(27,28)25(3)19-7-5-4-6-8-19/h9-14,17,19,23H,4-8,15H2,1-3H3,(H,24,26). The smallest absolute Gasteiger partial charge is 0.243 e. The minimum atomic E-state index is -3.54. The van der Waals surface area contributed by atoms with Gasteiger partial charge in [0.05, 0.1) is 17.5 Å². The van der Waals surface area contributed by atoms with Crippen molar-refractivity contribution in [2.45, 2.75) is 62.9 Å². The van der Waals surface area contributed by atoms with Crippen LogP contribution in [0.4, 0.5) is 5.69 Å². The molecule has 8 heteroatoms. The van der Waals surface area contributed by atoms with Gasteiger partial charge in [-0.1, -0.05) is 19.3 Å². The lowest BCUT2D eigenvalue weighted by Crippen LogP contribution is -2.38. The van der Waals surface area contributed by atoms with Crippen molar-refractivity contribution in [3.8, 4) is 0 Å². The number of aryl methyl sites for hydroxylation is 1. The molecule has 1 aromatic carbocycles. The summed E-state index contributed by atoms with van der Waals surface area (Å²) in [5, 5.41) is 5.90. The fourth-order valence-corrected chi connectivity index (χ4v) is 5.17. The van der Waals surface area contributed by atoms with Gasteiger partial charge in [0, 0.05) is 18.8 Å². The van der Waals surface area contributed by atoms with Crippen LogP contribution < -0.4 is 10.6 Å². The Morgan fingerprint density at radius 1 is 1.13 bits per heavy atom. The van der Waals surface area contributed by atoms with Gasteiger partial charge >= 0.3 is 0 Å². The van der Waals surface area contributed by atoms with E-state index in [1.165, 1.54) is 10.7 Å². The van der Waals surface area contributed by atoms with Crippen molar-refractivity contribution in [2.24, 2.45) is 0 Å². The molecule has 1 aliphatic carbocycles. The molecule has 0 radical (unpaired) electrons. The number of furan rings is 1. The van der Waals surface area contributed by atoms with Crippen LogP contribution in [-0.4, -0.2) is 38.3 Å². The van der Waals surface area contributed by atoms with Crippen LogP contribution >= 0.6 is 0 Å². The third-order valence-electron chi connectivity index (χ3n) is 5.66. The monoisotopic (exact) mass is 433 g/mol. The maximum Gasteiger partial charge on any atom is 0.243 e. The summed E-state index contributed by atoms with van der Waals surface area (Å²) in [6.45, 7) is 3.92. The fraction of sp³-hybridized carbons (Fsp3) is 0.500. The van der Waals surface area contributed by atoms with E-state index in [1.54, 1.807) is 31.3 Å². The van der Waals surface area contributed by atoms with E-state index in [4.69, 9.17) is 4.42 Å². The van der Waals surface area contributed by atoms with Gasteiger partial charge in [-0.15, -0.1) is 0 Å². The molecular formula is C22H31N3O4S. The Morgan fingerprint density at radius 3 is 2.40 bits per heavy atom. The van der Waals surface area contributed by atoms with E-state index in [-0.39, 0.29) is 29.4 Å². The average Bonchev–Trinajstić information content (AvgIpc) is 3.19. The number of nitrogens with zero attached hydrogens (tertiary/aromatic N) is 1. The van der Waals surface area contributed by atoms with Crippen molar-refractivity contribution in [3.05, 3.63) is 47.9 Å². The maximum atomic E-state index is 12.9. The number of rotatable bonds is 8. The van der Waals surface area contributed by atoms with Gasteiger partial charge in [-0.3, -0.25) is 10.1 Å². The lowest BCUT2D eigenvalue weighted by atomic mass is 9.96. The topological polar surface area (TPSA) is 91.7 Å². The molecule has 0 bridgehead atoms. The van der Waals surface area contributed by atoms with Crippen LogP contribution in [0.1, 0.15) is 56.6 Å². The van der Waals surface area contributed by atoms with E-state index in [1.807, 2.05) is 26.0 Å². The highest BCUT2D eigenvalue weighted by molar-refractivity contribution is 7.89. The Balaban J connectivity index is 1.55. The van der Waals surface area contributed by atoms with Gasteiger partial charge < -0.3 is 9.73 Å². The molecule has 2 N–H and O–H groups in total. The fourth-order valence-electron chi connectivity index (χ4n) is 3.76. The predicted molar refractivity (Wildman–Crippen MR) is 117 cm³/mol. The first-order chi connectivity index (χ1) is 14.3.